The Morgan fingerprint density at radius 1 is 1.35 bits per heavy atom. The number of pyridine rings is 1. The fourth-order valence-corrected chi connectivity index (χ4v) is 2.31. The highest BCUT2D eigenvalue weighted by atomic mass is 32.2. The smallest absolute Gasteiger partial charge is 0.310 e. The number of methoxy groups -OCH3 is 1. The van der Waals surface area contributed by atoms with Crippen LogP contribution in [-0.4, -0.2) is 29.2 Å². The number of aromatic amines is 1. The summed E-state index contributed by atoms with van der Waals surface area (Å²) in [5, 5.41) is 13.3. The molecule has 8 nitrogen and oxygen atoms in total. The number of carbonyl (C=O) groups is 1. The first-order valence-electron chi connectivity index (χ1n) is 6.37. The van der Waals surface area contributed by atoms with E-state index in [0.29, 0.717) is 5.75 Å². The van der Waals surface area contributed by atoms with Crippen LogP contribution in [0.15, 0.2) is 40.0 Å². The van der Waals surface area contributed by atoms with Gasteiger partial charge in [-0.1, -0.05) is 0 Å². The lowest BCUT2D eigenvalue weighted by Crippen LogP contribution is -2.18. The maximum atomic E-state index is 12.3. The SMILES string of the molecule is COc1cc(SC)ccc1C(=O)Nc1[nH]c(=O)ccc1[N+](=O)[O-]. The molecule has 0 aliphatic heterocycles. The summed E-state index contributed by atoms with van der Waals surface area (Å²) in [5.74, 6) is -0.571. The molecule has 0 saturated carbocycles. The minimum absolute atomic E-state index is 0.198. The van der Waals surface area contributed by atoms with Crippen molar-refractivity contribution in [1.82, 2.24) is 4.98 Å². The molecule has 0 aliphatic rings. The van der Waals surface area contributed by atoms with Gasteiger partial charge in [-0.25, -0.2) is 0 Å². The van der Waals surface area contributed by atoms with E-state index in [4.69, 9.17) is 4.74 Å². The van der Waals surface area contributed by atoms with Crippen molar-refractivity contribution in [2.75, 3.05) is 18.7 Å². The van der Waals surface area contributed by atoms with Crippen LogP contribution in [0.4, 0.5) is 11.5 Å². The van der Waals surface area contributed by atoms with Crippen LogP contribution >= 0.6 is 11.8 Å². The molecular weight excluding hydrogens is 322 g/mol. The second-order valence-corrected chi connectivity index (χ2v) is 5.24. The first-order chi connectivity index (χ1) is 11.0. The Bertz CT molecular complexity index is 818. The topological polar surface area (TPSA) is 114 Å². The molecule has 1 aromatic carbocycles. The summed E-state index contributed by atoms with van der Waals surface area (Å²) in [4.78, 5) is 37.1. The number of hydrogen-bond donors (Lipinski definition) is 2. The first-order valence-corrected chi connectivity index (χ1v) is 7.60. The highest BCUT2D eigenvalue weighted by Gasteiger charge is 2.19. The van der Waals surface area contributed by atoms with Crippen molar-refractivity contribution in [2.45, 2.75) is 4.90 Å². The lowest BCUT2D eigenvalue weighted by atomic mass is 10.2. The van der Waals surface area contributed by atoms with E-state index >= 15 is 0 Å². The second kappa shape index (κ2) is 6.97. The van der Waals surface area contributed by atoms with Gasteiger partial charge in [-0.3, -0.25) is 19.7 Å². The van der Waals surface area contributed by atoms with Crippen molar-refractivity contribution in [3.05, 3.63) is 56.4 Å². The van der Waals surface area contributed by atoms with Crippen LogP contribution in [0.25, 0.3) is 0 Å². The van der Waals surface area contributed by atoms with Crippen LogP contribution in [0.3, 0.4) is 0 Å². The Hall–Kier alpha value is -2.81. The molecule has 0 spiro atoms. The Morgan fingerprint density at radius 3 is 2.70 bits per heavy atom. The maximum Gasteiger partial charge on any atom is 0.310 e. The van der Waals surface area contributed by atoms with Crippen LogP contribution in [0.2, 0.25) is 0 Å². The molecule has 2 N–H and O–H groups in total. The number of nitrogens with one attached hydrogen (secondary N) is 2. The number of carbonyl (C=O) groups excluding carboxylic acids is 1. The van der Waals surface area contributed by atoms with Crippen molar-refractivity contribution < 1.29 is 14.5 Å². The monoisotopic (exact) mass is 335 g/mol. The Kier molecular flexibility index (Phi) is 5.02. The summed E-state index contributed by atoms with van der Waals surface area (Å²) in [6, 6.07) is 7.00. The highest BCUT2D eigenvalue weighted by Crippen LogP contribution is 2.27. The predicted octanol–water partition coefficient (Wildman–Crippen LogP) is 2.27. The van der Waals surface area contributed by atoms with Gasteiger partial charge in [0.2, 0.25) is 5.56 Å². The van der Waals surface area contributed by atoms with E-state index in [1.807, 2.05) is 6.26 Å². The zero-order valence-corrected chi connectivity index (χ0v) is 13.1. The molecule has 1 amide bonds. The van der Waals surface area contributed by atoms with Gasteiger partial charge in [0.05, 0.1) is 17.6 Å². The van der Waals surface area contributed by atoms with Gasteiger partial charge < -0.3 is 15.0 Å². The van der Waals surface area contributed by atoms with Gasteiger partial charge in [-0.05, 0) is 24.5 Å². The summed E-state index contributed by atoms with van der Waals surface area (Å²) < 4.78 is 5.17. The molecular formula is C14H13N3O5S. The third-order valence-electron chi connectivity index (χ3n) is 2.99. The number of benzene rings is 1. The number of H-pyrrole nitrogens is 1. The summed E-state index contributed by atoms with van der Waals surface area (Å²) in [6.07, 6.45) is 1.88. The number of anilines is 1. The van der Waals surface area contributed by atoms with Crippen molar-refractivity contribution in [3.63, 3.8) is 0 Å². The Balaban J connectivity index is 2.38. The number of amides is 1. The van der Waals surface area contributed by atoms with Crippen LogP contribution in [-0.2, 0) is 0 Å². The maximum absolute atomic E-state index is 12.3. The average Bonchev–Trinajstić information content (AvgIpc) is 2.53. The lowest BCUT2D eigenvalue weighted by Gasteiger charge is -2.10. The molecule has 0 fully saturated rings. The number of hydrogen-bond acceptors (Lipinski definition) is 6. The van der Waals surface area contributed by atoms with E-state index < -0.39 is 22.1 Å². The lowest BCUT2D eigenvalue weighted by molar-refractivity contribution is -0.384. The third kappa shape index (κ3) is 3.69. The van der Waals surface area contributed by atoms with Gasteiger partial charge in [-0.15, -0.1) is 11.8 Å². The fourth-order valence-electron chi connectivity index (χ4n) is 1.88. The molecule has 0 radical (unpaired) electrons. The van der Waals surface area contributed by atoms with Crippen LogP contribution in [0, 0.1) is 10.1 Å². The van der Waals surface area contributed by atoms with Crippen molar-refractivity contribution in [1.29, 1.82) is 0 Å². The summed E-state index contributed by atoms with van der Waals surface area (Å²) in [7, 11) is 1.42. The van der Waals surface area contributed by atoms with Crippen molar-refractivity contribution >= 4 is 29.2 Å². The predicted molar refractivity (Wildman–Crippen MR) is 86.4 cm³/mol. The number of thioether (sulfide) groups is 1. The quantitative estimate of drug-likeness (QED) is 0.492. The molecule has 9 heteroatoms. The standard InChI is InChI=1S/C14H13N3O5S/c1-22-11-7-8(23-2)3-4-9(11)14(19)16-13-10(17(20)21)5-6-12(18)15-13/h3-7H,1-2H3,(H2,15,16,18,19). The zero-order chi connectivity index (χ0) is 17.0. The summed E-state index contributed by atoms with van der Waals surface area (Å²) >= 11 is 1.48. The number of aromatic nitrogens is 1. The number of nitro groups is 1. The fraction of sp³-hybridized carbons (Fsp3) is 0.143. The summed E-state index contributed by atoms with van der Waals surface area (Å²) in [5.41, 5.74) is -0.766. The van der Waals surface area contributed by atoms with Gasteiger partial charge in [0.25, 0.3) is 5.91 Å². The molecule has 0 aliphatic carbocycles. The van der Waals surface area contributed by atoms with E-state index in [-0.39, 0.29) is 11.4 Å². The van der Waals surface area contributed by atoms with Gasteiger partial charge in [0.1, 0.15) is 5.75 Å². The second-order valence-electron chi connectivity index (χ2n) is 4.36. The molecule has 1 heterocycles. The molecule has 2 rings (SSSR count). The molecule has 2 aromatic rings. The van der Waals surface area contributed by atoms with E-state index in [9.17, 15) is 19.7 Å². The zero-order valence-electron chi connectivity index (χ0n) is 12.3. The highest BCUT2D eigenvalue weighted by molar-refractivity contribution is 7.98. The molecule has 0 saturated heterocycles. The number of rotatable bonds is 5. The van der Waals surface area contributed by atoms with E-state index in [0.717, 1.165) is 17.0 Å². The number of ether oxygens (including phenoxy) is 1. The third-order valence-corrected chi connectivity index (χ3v) is 3.71. The molecule has 0 atom stereocenters. The van der Waals surface area contributed by atoms with Gasteiger partial charge in [-0.2, -0.15) is 0 Å². The molecule has 1 aromatic heterocycles. The van der Waals surface area contributed by atoms with Gasteiger partial charge in [0, 0.05) is 17.0 Å². The van der Waals surface area contributed by atoms with Crippen LogP contribution in [0.1, 0.15) is 10.4 Å². The van der Waals surface area contributed by atoms with E-state index in [1.165, 1.54) is 18.9 Å². The normalized spacial score (nSPS) is 10.2. The summed E-state index contributed by atoms with van der Waals surface area (Å²) in [6.45, 7) is 0. The van der Waals surface area contributed by atoms with Gasteiger partial charge in [0.15, 0.2) is 5.82 Å². The van der Waals surface area contributed by atoms with E-state index in [2.05, 4.69) is 10.3 Å². The van der Waals surface area contributed by atoms with Crippen molar-refractivity contribution in [3.8, 4) is 5.75 Å². The van der Waals surface area contributed by atoms with E-state index in [1.54, 1.807) is 18.2 Å². The van der Waals surface area contributed by atoms with Crippen molar-refractivity contribution in [2.24, 2.45) is 0 Å². The van der Waals surface area contributed by atoms with Gasteiger partial charge >= 0.3 is 5.69 Å². The molecule has 120 valence electrons. The Labute approximate surface area is 135 Å². The average molecular weight is 335 g/mol. The Morgan fingerprint density at radius 2 is 2.09 bits per heavy atom. The largest absolute Gasteiger partial charge is 0.496 e. The first kappa shape index (κ1) is 16.6. The molecule has 0 unspecified atom stereocenters. The van der Waals surface area contributed by atoms with Crippen LogP contribution < -0.4 is 15.6 Å². The minimum Gasteiger partial charge on any atom is -0.496 e. The molecule has 0 bridgehead atoms. The molecule has 23 heavy (non-hydrogen) atoms. The number of nitrogens with zero attached hydrogens (tertiary/aromatic N) is 1. The van der Waals surface area contributed by atoms with Crippen LogP contribution in [0.5, 0.6) is 5.75 Å². The minimum atomic E-state index is -0.695.